The summed E-state index contributed by atoms with van der Waals surface area (Å²) in [7, 11) is 1.54. The van der Waals surface area contributed by atoms with Crippen LogP contribution in [-0.4, -0.2) is 75.2 Å². The number of rotatable bonds is 9. The van der Waals surface area contributed by atoms with Crippen LogP contribution in [0.4, 0.5) is 19.0 Å². The fourth-order valence-corrected chi connectivity index (χ4v) is 4.52. The van der Waals surface area contributed by atoms with Gasteiger partial charge in [-0.15, -0.1) is 13.2 Å². The number of hydrogen-bond donors (Lipinski definition) is 3. The van der Waals surface area contributed by atoms with Crippen LogP contribution in [0.3, 0.4) is 0 Å². The molecule has 204 valence electrons. The van der Waals surface area contributed by atoms with Crippen molar-refractivity contribution in [1.29, 1.82) is 0 Å². The van der Waals surface area contributed by atoms with E-state index in [1.165, 1.54) is 29.0 Å². The number of imidazole rings is 1. The highest BCUT2D eigenvalue weighted by Crippen LogP contribution is 2.36. The molecule has 1 amide bonds. The molecule has 0 radical (unpaired) electrons. The number of aliphatic hydroxyl groups is 3. The van der Waals surface area contributed by atoms with Crippen molar-refractivity contribution in [3.05, 3.63) is 76.2 Å². The second kappa shape index (κ2) is 11.2. The van der Waals surface area contributed by atoms with Crippen molar-refractivity contribution < 1.29 is 38.0 Å². The number of anilines is 1. The van der Waals surface area contributed by atoms with Gasteiger partial charge in [0.2, 0.25) is 6.35 Å². The first-order valence-electron chi connectivity index (χ1n) is 11.7. The van der Waals surface area contributed by atoms with E-state index in [-0.39, 0.29) is 49.0 Å². The summed E-state index contributed by atoms with van der Waals surface area (Å²) in [6.07, 6.45) is -6.03. The molecule has 0 saturated heterocycles. The number of benzene rings is 2. The largest absolute Gasteiger partial charge is 0.573 e. The Hall–Kier alpha value is -3.32. The number of carbonyl (C=O) groups excluding carboxylic acids is 1. The van der Waals surface area contributed by atoms with Crippen molar-refractivity contribution >= 4 is 23.3 Å². The van der Waals surface area contributed by atoms with E-state index in [2.05, 4.69) is 9.72 Å². The number of ether oxygens (including phenoxy) is 1. The fraction of sp³-hybridized carbons (Fsp3) is 0.360. The predicted molar refractivity (Wildman–Crippen MR) is 132 cm³/mol. The Kier molecular flexibility index (Phi) is 8.16. The lowest BCUT2D eigenvalue weighted by Gasteiger charge is -2.38. The third-order valence-corrected chi connectivity index (χ3v) is 6.45. The summed E-state index contributed by atoms with van der Waals surface area (Å²) in [4.78, 5) is 20.8. The third kappa shape index (κ3) is 5.73. The molecule has 13 heteroatoms. The summed E-state index contributed by atoms with van der Waals surface area (Å²) < 4.78 is 44.1. The first-order chi connectivity index (χ1) is 18.0. The van der Waals surface area contributed by atoms with Crippen molar-refractivity contribution in [2.75, 3.05) is 31.7 Å². The van der Waals surface area contributed by atoms with Crippen LogP contribution in [0.1, 0.15) is 39.8 Å². The highest BCUT2D eigenvalue weighted by atomic mass is 35.5. The van der Waals surface area contributed by atoms with E-state index in [0.717, 1.165) is 17.7 Å². The number of halogens is 4. The summed E-state index contributed by atoms with van der Waals surface area (Å²) in [5.41, 5.74) is 1.15. The highest BCUT2D eigenvalue weighted by molar-refractivity contribution is 6.30. The Morgan fingerprint density at radius 3 is 2.50 bits per heavy atom. The van der Waals surface area contributed by atoms with Crippen molar-refractivity contribution in [3.8, 4) is 5.75 Å². The van der Waals surface area contributed by atoms with Crippen molar-refractivity contribution in [2.45, 2.75) is 31.6 Å². The molecule has 1 aromatic heterocycles. The lowest BCUT2D eigenvalue weighted by molar-refractivity contribution is -0.274. The molecule has 0 aliphatic carbocycles. The number of alkyl halides is 3. The molecule has 2 unspecified atom stereocenters. The molecular formula is C25H26ClF3N4O5. The van der Waals surface area contributed by atoms with Gasteiger partial charge in [-0.1, -0.05) is 35.9 Å². The van der Waals surface area contributed by atoms with Gasteiger partial charge in [-0.3, -0.25) is 9.69 Å². The minimum atomic E-state index is -4.90. The van der Waals surface area contributed by atoms with Gasteiger partial charge >= 0.3 is 6.36 Å². The summed E-state index contributed by atoms with van der Waals surface area (Å²) >= 11 is 6.02. The number of carbonyl (C=O) groups is 1. The van der Waals surface area contributed by atoms with E-state index >= 15 is 0 Å². The molecule has 3 aromatic rings. The van der Waals surface area contributed by atoms with E-state index in [4.69, 9.17) is 11.6 Å². The predicted octanol–water partition coefficient (Wildman–Crippen LogP) is 3.16. The molecule has 38 heavy (non-hydrogen) atoms. The van der Waals surface area contributed by atoms with Gasteiger partial charge in [-0.2, -0.15) is 0 Å². The number of fused-ring (bicyclic) bond motifs is 1. The molecule has 9 nitrogen and oxygen atoms in total. The molecule has 0 saturated carbocycles. The Morgan fingerprint density at radius 1 is 1.16 bits per heavy atom. The molecular weight excluding hydrogens is 529 g/mol. The first kappa shape index (κ1) is 27.7. The van der Waals surface area contributed by atoms with Gasteiger partial charge in [0.1, 0.15) is 11.6 Å². The quantitative estimate of drug-likeness (QED) is 0.373. The fourth-order valence-electron chi connectivity index (χ4n) is 4.39. The average molecular weight is 555 g/mol. The van der Waals surface area contributed by atoms with Crippen LogP contribution in [-0.2, 0) is 6.54 Å². The monoisotopic (exact) mass is 554 g/mol. The first-order valence-corrected chi connectivity index (χ1v) is 12.1. The van der Waals surface area contributed by atoms with Gasteiger partial charge in [-0.05, 0) is 41.8 Å². The Morgan fingerprint density at radius 2 is 1.87 bits per heavy atom. The van der Waals surface area contributed by atoms with Crippen LogP contribution < -0.4 is 9.64 Å². The van der Waals surface area contributed by atoms with Crippen molar-refractivity contribution in [3.63, 3.8) is 0 Å². The van der Waals surface area contributed by atoms with E-state index < -0.39 is 36.9 Å². The maximum absolute atomic E-state index is 13.6. The van der Waals surface area contributed by atoms with Crippen LogP contribution in [0.5, 0.6) is 5.75 Å². The molecule has 2 aromatic carbocycles. The number of amides is 1. The Balaban J connectivity index is 1.85. The highest BCUT2D eigenvalue weighted by Gasteiger charge is 2.41. The third-order valence-electron chi connectivity index (χ3n) is 6.20. The number of hydrogen-bond acceptors (Lipinski definition) is 7. The van der Waals surface area contributed by atoms with Gasteiger partial charge in [0.25, 0.3) is 5.91 Å². The van der Waals surface area contributed by atoms with E-state index in [1.807, 2.05) is 0 Å². The molecule has 0 fully saturated rings. The Labute approximate surface area is 221 Å². The minimum Gasteiger partial charge on any atom is -0.406 e. The Bertz CT molecular complexity index is 1280. The SMILES string of the molecule is CN1c2nc(C(CO)c3cccc(OC(F)(F)F)c3)n(Cc3ccc(Cl)cc3)c2C(=O)N(CCCO)C1O. The van der Waals surface area contributed by atoms with Gasteiger partial charge in [0, 0.05) is 31.8 Å². The molecule has 4 rings (SSSR count). The molecule has 2 heterocycles. The lowest BCUT2D eigenvalue weighted by atomic mass is 9.98. The standard InChI is InChI=1S/C25H26ClF3N4O5/c1-31-22-20(23(36)32(24(31)37)10-3-11-34)33(13-15-6-8-17(26)9-7-15)21(30-22)19(14-35)16-4-2-5-18(12-16)38-25(27,28)29/h2,4-9,12,19,24,34-35,37H,3,10-11,13-14H2,1H3. The number of aromatic nitrogens is 2. The molecule has 1 aliphatic heterocycles. The summed E-state index contributed by atoms with van der Waals surface area (Å²) in [6.45, 7) is -0.540. The topological polar surface area (TPSA) is 111 Å². The molecule has 2 atom stereocenters. The maximum Gasteiger partial charge on any atom is 0.573 e. The second-order valence-electron chi connectivity index (χ2n) is 8.74. The summed E-state index contributed by atoms with van der Waals surface area (Å²) in [5, 5.41) is 30.9. The molecule has 0 bridgehead atoms. The van der Waals surface area contributed by atoms with Crippen LogP contribution in [0.2, 0.25) is 5.02 Å². The van der Waals surface area contributed by atoms with Crippen molar-refractivity contribution in [2.24, 2.45) is 0 Å². The lowest BCUT2D eigenvalue weighted by Crippen LogP contribution is -2.54. The van der Waals surface area contributed by atoms with Gasteiger partial charge in [0.05, 0.1) is 12.5 Å². The van der Waals surface area contributed by atoms with E-state index in [0.29, 0.717) is 5.02 Å². The smallest absolute Gasteiger partial charge is 0.406 e. The number of nitrogens with zero attached hydrogens (tertiary/aromatic N) is 4. The van der Waals surface area contributed by atoms with Crippen LogP contribution >= 0.6 is 11.6 Å². The second-order valence-corrected chi connectivity index (χ2v) is 9.18. The normalized spacial score (nSPS) is 16.5. The van der Waals surface area contributed by atoms with E-state index in [9.17, 15) is 33.3 Å². The summed E-state index contributed by atoms with van der Waals surface area (Å²) in [6, 6.07) is 12.0. The number of aliphatic hydroxyl groups excluding tert-OH is 3. The molecule has 0 spiro atoms. The molecule has 3 N–H and O–H groups in total. The minimum absolute atomic E-state index is 0.0714. The average Bonchev–Trinajstić information content (AvgIpc) is 3.23. The zero-order valence-corrected chi connectivity index (χ0v) is 21.0. The van der Waals surface area contributed by atoms with Gasteiger partial charge in [0.15, 0.2) is 11.5 Å². The zero-order chi connectivity index (χ0) is 27.6. The van der Waals surface area contributed by atoms with Crippen molar-refractivity contribution in [1.82, 2.24) is 14.5 Å². The van der Waals surface area contributed by atoms with Crippen LogP contribution in [0.15, 0.2) is 48.5 Å². The van der Waals surface area contributed by atoms with Crippen LogP contribution in [0.25, 0.3) is 0 Å². The summed E-state index contributed by atoms with van der Waals surface area (Å²) in [5.74, 6) is -1.60. The van der Waals surface area contributed by atoms with Gasteiger partial charge in [-0.25, -0.2) is 4.98 Å². The van der Waals surface area contributed by atoms with E-state index in [1.54, 1.807) is 28.8 Å². The molecule has 1 aliphatic rings. The van der Waals surface area contributed by atoms with Crippen LogP contribution in [0, 0.1) is 0 Å². The van der Waals surface area contributed by atoms with Gasteiger partial charge < -0.3 is 29.5 Å². The zero-order valence-electron chi connectivity index (χ0n) is 20.3. The maximum atomic E-state index is 13.6.